The maximum Gasteiger partial charge on any atom is 0.225 e. The zero-order chi connectivity index (χ0) is 12.1. The zero-order valence-electron chi connectivity index (χ0n) is 11.1. The number of amides is 1. The summed E-state index contributed by atoms with van der Waals surface area (Å²) < 4.78 is 0. The van der Waals surface area contributed by atoms with Crippen LogP contribution in [0.2, 0.25) is 0 Å². The molecule has 17 heavy (non-hydrogen) atoms. The minimum absolute atomic E-state index is 0.337. The SMILES string of the molecule is CCCN(C(=O)C1CCCC1)C1CCCNC1. The Hall–Kier alpha value is -0.570. The second-order valence-electron chi connectivity index (χ2n) is 5.51. The molecular formula is C14H26N2O. The predicted octanol–water partition coefficient (Wildman–Crippen LogP) is 2.17. The second kappa shape index (κ2) is 6.39. The van der Waals surface area contributed by atoms with E-state index in [0.29, 0.717) is 17.9 Å². The van der Waals surface area contributed by atoms with E-state index in [0.717, 1.165) is 38.9 Å². The van der Waals surface area contributed by atoms with Crippen LogP contribution in [0.1, 0.15) is 51.9 Å². The van der Waals surface area contributed by atoms with Crippen molar-refractivity contribution >= 4 is 5.91 Å². The van der Waals surface area contributed by atoms with Crippen molar-refractivity contribution in [3.63, 3.8) is 0 Å². The van der Waals surface area contributed by atoms with Crippen LogP contribution in [-0.2, 0) is 4.79 Å². The van der Waals surface area contributed by atoms with Crippen LogP contribution < -0.4 is 5.32 Å². The minimum atomic E-state index is 0.337. The Morgan fingerprint density at radius 2 is 2.00 bits per heavy atom. The van der Waals surface area contributed by atoms with Gasteiger partial charge in [0.1, 0.15) is 0 Å². The van der Waals surface area contributed by atoms with Crippen molar-refractivity contribution in [2.75, 3.05) is 19.6 Å². The lowest BCUT2D eigenvalue weighted by Gasteiger charge is -2.36. The number of hydrogen-bond acceptors (Lipinski definition) is 2. The van der Waals surface area contributed by atoms with Gasteiger partial charge in [-0.3, -0.25) is 4.79 Å². The van der Waals surface area contributed by atoms with Crippen molar-refractivity contribution < 1.29 is 4.79 Å². The lowest BCUT2D eigenvalue weighted by Crippen LogP contribution is -2.50. The first-order valence-corrected chi connectivity index (χ1v) is 7.34. The predicted molar refractivity (Wildman–Crippen MR) is 69.9 cm³/mol. The van der Waals surface area contributed by atoms with Crippen LogP contribution in [0.5, 0.6) is 0 Å². The highest BCUT2D eigenvalue weighted by atomic mass is 16.2. The molecule has 1 N–H and O–H groups in total. The summed E-state index contributed by atoms with van der Waals surface area (Å²) in [5, 5.41) is 3.43. The van der Waals surface area contributed by atoms with E-state index in [9.17, 15) is 4.79 Å². The molecular weight excluding hydrogens is 212 g/mol. The van der Waals surface area contributed by atoms with Crippen LogP contribution in [0, 0.1) is 5.92 Å². The number of piperidine rings is 1. The van der Waals surface area contributed by atoms with Gasteiger partial charge < -0.3 is 10.2 Å². The average molecular weight is 238 g/mol. The molecule has 2 aliphatic rings. The first-order valence-electron chi connectivity index (χ1n) is 7.34. The maximum absolute atomic E-state index is 12.5. The number of carbonyl (C=O) groups is 1. The lowest BCUT2D eigenvalue weighted by molar-refractivity contribution is -0.138. The topological polar surface area (TPSA) is 32.3 Å². The third kappa shape index (κ3) is 3.21. The third-order valence-corrected chi connectivity index (χ3v) is 4.16. The summed E-state index contributed by atoms with van der Waals surface area (Å²) in [6, 6.07) is 0.455. The Kier molecular flexibility index (Phi) is 4.84. The van der Waals surface area contributed by atoms with Gasteiger partial charge in [-0.2, -0.15) is 0 Å². The van der Waals surface area contributed by atoms with Crippen LogP contribution in [-0.4, -0.2) is 36.5 Å². The van der Waals surface area contributed by atoms with Crippen LogP contribution >= 0.6 is 0 Å². The molecule has 0 aromatic heterocycles. The fourth-order valence-corrected chi connectivity index (χ4v) is 3.22. The molecule has 0 bridgehead atoms. The second-order valence-corrected chi connectivity index (χ2v) is 5.51. The van der Waals surface area contributed by atoms with Crippen LogP contribution in [0.4, 0.5) is 0 Å². The Labute approximate surface area is 105 Å². The Bertz CT molecular complexity index is 243. The summed E-state index contributed by atoms with van der Waals surface area (Å²) in [5.74, 6) is 0.779. The number of carbonyl (C=O) groups excluding carboxylic acids is 1. The molecule has 0 spiro atoms. The van der Waals surface area contributed by atoms with Crippen LogP contribution in [0.25, 0.3) is 0 Å². The summed E-state index contributed by atoms with van der Waals surface area (Å²) in [4.78, 5) is 14.7. The molecule has 1 aliphatic heterocycles. The van der Waals surface area contributed by atoms with Crippen molar-refractivity contribution in [2.45, 2.75) is 57.9 Å². The van der Waals surface area contributed by atoms with Gasteiger partial charge in [0.15, 0.2) is 0 Å². The van der Waals surface area contributed by atoms with Gasteiger partial charge in [-0.05, 0) is 38.6 Å². The molecule has 3 heteroatoms. The molecule has 1 saturated heterocycles. The highest BCUT2D eigenvalue weighted by Crippen LogP contribution is 2.28. The van der Waals surface area contributed by atoms with E-state index in [1.807, 2.05) is 0 Å². The van der Waals surface area contributed by atoms with Crippen molar-refractivity contribution in [1.29, 1.82) is 0 Å². The molecule has 3 nitrogen and oxygen atoms in total. The van der Waals surface area contributed by atoms with Gasteiger partial charge in [0.05, 0.1) is 0 Å². The van der Waals surface area contributed by atoms with Crippen LogP contribution in [0.15, 0.2) is 0 Å². The zero-order valence-corrected chi connectivity index (χ0v) is 11.1. The smallest absolute Gasteiger partial charge is 0.225 e. The molecule has 1 aliphatic carbocycles. The maximum atomic E-state index is 12.5. The molecule has 1 atom stereocenters. The standard InChI is InChI=1S/C14H26N2O/c1-2-10-16(13-8-5-9-15-11-13)14(17)12-6-3-4-7-12/h12-13,15H,2-11H2,1H3. The molecule has 1 unspecified atom stereocenters. The first kappa shape index (κ1) is 12.9. The molecule has 98 valence electrons. The molecule has 2 rings (SSSR count). The van der Waals surface area contributed by atoms with E-state index >= 15 is 0 Å². The van der Waals surface area contributed by atoms with E-state index in [1.54, 1.807) is 0 Å². The third-order valence-electron chi connectivity index (χ3n) is 4.16. The summed E-state index contributed by atoms with van der Waals surface area (Å²) in [5.41, 5.74) is 0. The van der Waals surface area contributed by atoms with E-state index in [2.05, 4.69) is 17.1 Å². The largest absolute Gasteiger partial charge is 0.338 e. The average Bonchev–Trinajstić information content (AvgIpc) is 2.90. The molecule has 2 fully saturated rings. The number of nitrogens with zero attached hydrogens (tertiary/aromatic N) is 1. The molecule has 1 saturated carbocycles. The summed E-state index contributed by atoms with van der Waals surface area (Å²) in [6.07, 6.45) is 8.22. The molecule has 0 aromatic carbocycles. The van der Waals surface area contributed by atoms with Gasteiger partial charge >= 0.3 is 0 Å². The Balaban J connectivity index is 1.96. The monoisotopic (exact) mass is 238 g/mol. The van der Waals surface area contributed by atoms with Gasteiger partial charge in [0.25, 0.3) is 0 Å². The first-order chi connectivity index (χ1) is 8.33. The molecule has 0 radical (unpaired) electrons. The number of hydrogen-bond donors (Lipinski definition) is 1. The normalized spacial score (nSPS) is 26.1. The number of nitrogens with one attached hydrogen (secondary N) is 1. The van der Waals surface area contributed by atoms with Gasteiger partial charge in [-0.1, -0.05) is 19.8 Å². The van der Waals surface area contributed by atoms with Gasteiger partial charge in [0.2, 0.25) is 5.91 Å². The van der Waals surface area contributed by atoms with Gasteiger partial charge in [0, 0.05) is 25.0 Å². The fraction of sp³-hybridized carbons (Fsp3) is 0.929. The quantitative estimate of drug-likeness (QED) is 0.814. The number of rotatable bonds is 4. The van der Waals surface area contributed by atoms with Crippen molar-refractivity contribution in [3.05, 3.63) is 0 Å². The summed E-state index contributed by atoms with van der Waals surface area (Å²) >= 11 is 0. The highest BCUT2D eigenvalue weighted by molar-refractivity contribution is 5.79. The fourth-order valence-electron chi connectivity index (χ4n) is 3.22. The molecule has 1 amide bonds. The lowest BCUT2D eigenvalue weighted by atomic mass is 10.0. The van der Waals surface area contributed by atoms with E-state index < -0.39 is 0 Å². The van der Waals surface area contributed by atoms with Crippen molar-refractivity contribution in [1.82, 2.24) is 10.2 Å². The molecule has 0 aromatic rings. The van der Waals surface area contributed by atoms with E-state index in [1.165, 1.54) is 25.7 Å². The summed E-state index contributed by atoms with van der Waals surface area (Å²) in [7, 11) is 0. The Morgan fingerprint density at radius 1 is 1.24 bits per heavy atom. The van der Waals surface area contributed by atoms with E-state index in [-0.39, 0.29) is 0 Å². The van der Waals surface area contributed by atoms with Crippen molar-refractivity contribution in [2.24, 2.45) is 5.92 Å². The summed E-state index contributed by atoms with van der Waals surface area (Å²) in [6.45, 7) is 5.24. The van der Waals surface area contributed by atoms with Gasteiger partial charge in [-0.15, -0.1) is 0 Å². The van der Waals surface area contributed by atoms with E-state index in [4.69, 9.17) is 0 Å². The molecule has 1 heterocycles. The highest BCUT2D eigenvalue weighted by Gasteiger charge is 2.31. The Morgan fingerprint density at radius 3 is 2.59 bits per heavy atom. The van der Waals surface area contributed by atoms with Gasteiger partial charge in [-0.25, -0.2) is 0 Å². The minimum Gasteiger partial charge on any atom is -0.338 e. The van der Waals surface area contributed by atoms with Crippen molar-refractivity contribution in [3.8, 4) is 0 Å². The van der Waals surface area contributed by atoms with Crippen LogP contribution in [0.3, 0.4) is 0 Å².